The number of H-pyrrole nitrogens is 1. The van der Waals surface area contributed by atoms with Crippen molar-refractivity contribution in [2.24, 2.45) is 0 Å². The summed E-state index contributed by atoms with van der Waals surface area (Å²) in [6.45, 7) is -0.364. The van der Waals surface area contributed by atoms with Gasteiger partial charge in [0, 0.05) is 36.6 Å². The van der Waals surface area contributed by atoms with Crippen LogP contribution in [0.1, 0.15) is 11.1 Å². The lowest BCUT2D eigenvalue weighted by atomic mass is 10.2. The van der Waals surface area contributed by atoms with Crippen LogP contribution in [0.4, 0.5) is 27.6 Å². The summed E-state index contributed by atoms with van der Waals surface area (Å²) < 4.78 is 64.5. The lowest BCUT2D eigenvalue weighted by Crippen LogP contribution is -2.35. The zero-order valence-electron chi connectivity index (χ0n) is 13.8. The quantitative estimate of drug-likeness (QED) is 0.468. The first-order chi connectivity index (χ1) is 13.1. The average Bonchev–Trinajstić information content (AvgIpc) is 3.01. The average molecular weight is 398 g/mol. The van der Waals surface area contributed by atoms with Crippen molar-refractivity contribution in [2.75, 3.05) is 5.32 Å². The number of nitrogens with zero attached hydrogens (tertiary/aromatic N) is 1. The Morgan fingerprint density at radius 2 is 1.75 bits per heavy atom. The fourth-order valence-electron chi connectivity index (χ4n) is 2.40. The molecule has 2 aromatic heterocycles. The number of fused-ring (bicyclic) bond motifs is 1. The van der Waals surface area contributed by atoms with E-state index in [0.29, 0.717) is 6.20 Å². The van der Waals surface area contributed by atoms with Gasteiger partial charge in [-0.1, -0.05) is 0 Å². The lowest BCUT2D eigenvalue weighted by Gasteiger charge is -2.09. The largest absolute Gasteiger partial charge is 0.417 e. The predicted molar refractivity (Wildman–Crippen MR) is 87.9 cm³/mol. The van der Waals surface area contributed by atoms with Crippen LogP contribution in [0.2, 0.25) is 0 Å². The topological polar surface area (TPSA) is 86.9 Å². The lowest BCUT2D eigenvalue weighted by molar-refractivity contribution is -0.137. The summed E-state index contributed by atoms with van der Waals surface area (Å²) in [5, 5.41) is 4.51. The molecule has 0 saturated heterocycles. The van der Waals surface area contributed by atoms with Gasteiger partial charge in [-0.25, -0.2) is 8.78 Å². The molecule has 0 unspecified atom stereocenters. The Hall–Kier alpha value is -3.50. The van der Waals surface area contributed by atoms with Crippen LogP contribution < -0.4 is 10.6 Å². The molecule has 0 atom stereocenters. The zero-order chi connectivity index (χ0) is 20.5. The number of pyridine rings is 1. The minimum atomic E-state index is -4.59. The molecule has 0 spiro atoms. The van der Waals surface area contributed by atoms with E-state index in [4.69, 9.17) is 0 Å². The minimum Gasteiger partial charge on any atom is -0.359 e. The van der Waals surface area contributed by atoms with Crippen molar-refractivity contribution in [3.05, 3.63) is 59.6 Å². The van der Waals surface area contributed by atoms with E-state index in [0.717, 1.165) is 24.4 Å². The van der Waals surface area contributed by atoms with E-state index >= 15 is 0 Å². The van der Waals surface area contributed by atoms with Gasteiger partial charge in [0.1, 0.15) is 0 Å². The number of carbonyl (C=O) groups excluding carboxylic acids is 2. The molecule has 2 amide bonds. The highest BCUT2D eigenvalue weighted by atomic mass is 19.4. The number of aromatic nitrogens is 2. The molecule has 1 aromatic carbocycles. The van der Waals surface area contributed by atoms with Gasteiger partial charge in [0.05, 0.1) is 16.8 Å². The number of carbonyl (C=O) groups is 2. The molecule has 0 aliphatic carbocycles. The van der Waals surface area contributed by atoms with Gasteiger partial charge in [0.15, 0.2) is 11.6 Å². The van der Waals surface area contributed by atoms with Crippen LogP contribution >= 0.6 is 0 Å². The number of anilines is 1. The predicted octanol–water partition coefficient (Wildman–Crippen LogP) is 3.11. The van der Waals surface area contributed by atoms with Gasteiger partial charge in [-0.05, 0) is 17.7 Å². The van der Waals surface area contributed by atoms with E-state index < -0.39 is 35.2 Å². The van der Waals surface area contributed by atoms with Crippen molar-refractivity contribution in [2.45, 2.75) is 12.7 Å². The monoisotopic (exact) mass is 398 g/mol. The third-order valence-corrected chi connectivity index (χ3v) is 3.75. The Labute approximate surface area is 153 Å². The number of hydrogen-bond acceptors (Lipinski definition) is 3. The van der Waals surface area contributed by atoms with Gasteiger partial charge in [-0.15, -0.1) is 0 Å². The summed E-state index contributed by atoms with van der Waals surface area (Å²) in [5.74, 6) is -4.48. The van der Waals surface area contributed by atoms with Gasteiger partial charge < -0.3 is 15.6 Å². The Morgan fingerprint density at radius 1 is 1.04 bits per heavy atom. The molecule has 11 heteroatoms. The van der Waals surface area contributed by atoms with Crippen molar-refractivity contribution in [1.82, 2.24) is 15.3 Å². The molecular weight excluding hydrogens is 387 g/mol. The summed E-state index contributed by atoms with van der Waals surface area (Å²) in [5.41, 5.74) is -0.711. The highest BCUT2D eigenvalue weighted by molar-refractivity contribution is 6.40. The second-order valence-electron chi connectivity index (χ2n) is 5.73. The van der Waals surface area contributed by atoms with Crippen LogP contribution in [0.25, 0.3) is 10.9 Å². The van der Waals surface area contributed by atoms with Crippen LogP contribution in [0.3, 0.4) is 0 Å². The number of amides is 2. The molecule has 0 fully saturated rings. The van der Waals surface area contributed by atoms with Crippen LogP contribution in [0.15, 0.2) is 36.8 Å². The number of hydrogen-bond donors (Lipinski definition) is 3. The van der Waals surface area contributed by atoms with Gasteiger partial charge in [-0.2, -0.15) is 13.2 Å². The molecular formula is C17H11F5N4O2. The van der Waals surface area contributed by atoms with Crippen molar-refractivity contribution in [3.8, 4) is 0 Å². The minimum absolute atomic E-state index is 0.0368. The number of nitrogens with one attached hydrogen (secondary N) is 3. The Kier molecular flexibility index (Phi) is 4.99. The molecule has 3 aromatic rings. The zero-order valence-corrected chi connectivity index (χ0v) is 13.8. The standard InChI is InChI=1S/C17H11F5N4O2/c18-11-2-10-13(3-12(11)19)24-7-14(10)26-16(28)15(27)25-5-8-1-9(6-23-4-8)17(20,21)22/h1-4,6-7,24H,5H2,(H,25,27)(H,26,28). The molecule has 0 radical (unpaired) electrons. The van der Waals surface area contributed by atoms with E-state index in [1.807, 2.05) is 0 Å². The molecule has 6 nitrogen and oxygen atoms in total. The Bertz CT molecular complexity index is 1060. The fraction of sp³-hybridized carbons (Fsp3) is 0.118. The molecule has 0 aliphatic rings. The first-order valence-corrected chi connectivity index (χ1v) is 7.71. The van der Waals surface area contributed by atoms with Gasteiger partial charge in [-0.3, -0.25) is 14.6 Å². The van der Waals surface area contributed by atoms with Crippen LogP contribution in [0, 0.1) is 11.6 Å². The van der Waals surface area contributed by atoms with Gasteiger partial charge in [0.25, 0.3) is 0 Å². The Balaban J connectivity index is 1.66. The highest BCUT2D eigenvalue weighted by Crippen LogP contribution is 2.29. The second kappa shape index (κ2) is 7.25. The summed E-state index contributed by atoms with van der Waals surface area (Å²) in [6.07, 6.45) is -1.60. The number of halogens is 5. The summed E-state index contributed by atoms with van der Waals surface area (Å²) >= 11 is 0. The molecule has 28 heavy (non-hydrogen) atoms. The first-order valence-electron chi connectivity index (χ1n) is 7.71. The van der Waals surface area contributed by atoms with Gasteiger partial charge in [0.2, 0.25) is 0 Å². The van der Waals surface area contributed by atoms with E-state index in [1.54, 1.807) is 0 Å². The van der Waals surface area contributed by atoms with Gasteiger partial charge >= 0.3 is 18.0 Å². The molecule has 3 N–H and O–H groups in total. The summed E-state index contributed by atoms with van der Waals surface area (Å²) in [7, 11) is 0. The highest BCUT2D eigenvalue weighted by Gasteiger charge is 2.31. The third-order valence-electron chi connectivity index (χ3n) is 3.75. The summed E-state index contributed by atoms with van der Waals surface area (Å²) in [4.78, 5) is 29.9. The smallest absolute Gasteiger partial charge is 0.359 e. The number of benzene rings is 1. The van der Waals surface area contributed by atoms with E-state index in [1.165, 1.54) is 6.20 Å². The number of rotatable bonds is 3. The molecule has 2 heterocycles. The van der Waals surface area contributed by atoms with Crippen molar-refractivity contribution >= 4 is 28.4 Å². The maximum absolute atomic E-state index is 13.4. The van der Waals surface area contributed by atoms with E-state index in [2.05, 4.69) is 20.6 Å². The molecule has 0 aliphatic heterocycles. The van der Waals surface area contributed by atoms with Crippen LogP contribution in [-0.2, 0) is 22.3 Å². The maximum atomic E-state index is 13.4. The van der Waals surface area contributed by atoms with E-state index in [9.17, 15) is 31.5 Å². The first kappa shape index (κ1) is 19.3. The fourth-order valence-corrected chi connectivity index (χ4v) is 2.40. The molecule has 0 saturated carbocycles. The van der Waals surface area contributed by atoms with Crippen LogP contribution in [-0.4, -0.2) is 21.8 Å². The van der Waals surface area contributed by atoms with Crippen LogP contribution in [0.5, 0.6) is 0 Å². The molecule has 146 valence electrons. The summed E-state index contributed by atoms with van der Waals surface area (Å²) in [6, 6.07) is 2.53. The molecule has 3 rings (SSSR count). The number of aromatic amines is 1. The Morgan fingerprint density at radius 3 is 2.46 bits per heavy atom. The van der Waals surface area contributed by atoms with Crippen molar-refractivity contribution in [1.29, 1.82) is 0 Å². The maximum Gasteiger partial charge on any atom is 0.417 e. The molecule has 0 bridgehead atoms. The van der Waals surface area contributed by atoms with E-state index in [-0.39, 0.29) is 28.7 Å². The normalized spacial score (nSPS) is 11.5. The number of alkyl halides is 3. The van der Waals surface area contributed by atoms with Crippen molar-refractivity contribution < 1.29 is 31.5 Å². The second-order valence-corrected chi connectivity index (χ2v) is 5.73. The van der Waals surface area contributed by atoms with Crippen molar-refractivity contribution in [3.63, 3.8) is 0 Å². The SMILES string of the molecule is O=C(NCc1cncc(C(F)(F)F)c1)C(=O)Nc1c[nH]c2cc(F)c(F)cc12. The third kappa shape index (κ3) is 4.08.